The lowest BCUT2D eigenvalue weighted by Gasteiger charge is -2.16. The van der Waals surface area contributed by atoms with Crippen molar-refractivity contribution >= 4 is 52.0 Å². The summed E-state index contributed by atoms with van der Waals surface area (Å²) in [7, 11) is -12.5. The van der Waals surface area contributed by atoms with Gasteiger partial charge in [0.15, 0.2) is 0 Å². The van der Waals surface area contributed by atoms with E-state index >= 15 is 0 Å². The van der Waals surface area contributed by atoms with Crippen molar-refractivity contribution in [3.8, 4) is 0 Å². The second-order valence-electron chi connectivity index (χ2n) is 7.87. The van der Waals surface area contributed by atoms with E-state index in [1.54, 1.807) is 0 Å². The van der Waals surface area contributed by atoms with E-state index in [0.717, 1.165) is 20.7 Å². The van der Waals surface area contributed by atoms with E-state index in [4.69, 9.17) is 0 Å². The van der Waals surface area contributed by atoms with Gasteiger partial charge < -0.3 is 0 Å². The number of rotatable bonds is 11. The molecular weight excluding hydrogens is 560 g/mol. The maximum atomic E-state index is 12.0. The van der Waals surface area contributed by atoms with E-state index in [1.807, 2.05) is 0 Å². The van der Waals surface area contributed by atoms with Crippen LogP contribution in [-0.2, 0) is 53.5 Å². The SMILES string of the molecule is CN(C)S(=O)(=O)Nc1ccc(CCc2ccc(NS(=O)(=O)N(C)C)cc2S(=O)(=O)O)c(S(=O)(=O)O)c1. The lowest BCUT2D eigenvalue weighted by molar-refractivity contribution is 0.479. The van der Waals surface area contributed by atoms with E-state index in [9.17, 15) is 42.8 Å². The summed E-state index contributed by atoms with van der Waals surface area (Å²) in [5, 5.41) is 0. The van der Waals surface area contributed by atoms with E-state index in [1.165, 1.54) is 52.5 Å². The second-order valence-corrected chi connectivity index (χ2v) is 14.4. The Kier molecular flexibility index (Phi) is 8.79. The van der Waals surface area contributed by atoms with Crippen molar-refractivity contribution in [3.63, 3.8) is 0 Å². The number of benzene rings is 2. The van der Waals surface area contributed by atoms with Gasteiger partial charge in [-0.2, -0.15) is 42.3 Å². The molecule has 0 aliphatic heterocycles. The van der Waals surface area contributed by atoms with E-state index in [2.05, 4.69) is 9.44 Å². The summed E-state index contributed by atoms with van der Waals surface area (Å²) < 4.78 is 121. The first-order valence-corrected chi connectivity index (χ1v) is 15.6. The minimum atomic E-state index is -4.81. The fourth-order valence-electron chi connectivity index (χ4n) is 2.88. The van der Waals surface area contributed by atoms with E-state index in [-0.39, 0.29) is 35.3 Å². The molecule has 202 valence electrons. The summed E-state index contributed by atoms with van der Waals surface area (Å²) in [6.45, 7) is 0. The van der Waals surface area contributed by atoms with Gasteiger partial charge in [-0.05, 0) is 48.2 Å². The predicted octanol–water partition coefficient (Wildman–Crippen LogP) is 0.402. The molecule has 0 aliphatic rings. The van der Waals surface area contributed by atoms with Gasteiger partial charge in [0.2, 0.25) is 0 Å². The summed E-state index contributed by atoms with van der Waals surface area (Å²) in [5.74, 6) is 0. The topological polar surface area (TPSA) is 208 Å². The number of nitrogens with one attached hydrogen (secondary N) is 2. The minimum absolute atomic E-state index is 0.0315. The highest BCUT2D eigenvalue weighted by molar-refractivity contribution is 7.90. The third-order valence-corrected chi connectivity index (χ3v) is 9.59. The highest BCUT2D eigenvalue weighted by Crippen LogP contribution is 2.26. The Hall–Kier alpha value is -2.32. The molecule has 36 heavy (non-hydrogen) atoms. The summed E-state index contributed by atoms with van der Waals surface area (Å²) in [5.41, 5.74) is -0.222. The van der Waals surface area contributed by atoms with Crippen LogP contribution in [0.25, 0.3) is 0 Å². The van der Waals surface area contributed by atoms with Crippen molar-refractivity contribution in [1.29, 1.82) is 0 Å². The summed E-state index contributed by atoms with van der Waals surface area (Å²) in [6.07, 6.45) is -0.303. The lowest BCUT2D eigenvalue weighted by Crippen LogP contribution is -2.29. The van der Waals surface area contributed by atoms with Crippen molar-refractivity contribution in [2.45, 2.75) is 22.6 Å². The Morgan fingerprint density at radius 3 is 1.17 bits per heavy atom. The molecule has 0 saturated heterocycles. The molecule has 2 rings (SSSR count). The van der Waals surface area contributed by atoms with Gasteiger partial charge in [0.25, 0.3) is 20.2 Å². The highest BCUT2D eigenvalue weighted by Gasteiger charge is 2.22. The van der Waals surface area contributed by atoms with Gasteiger partial charge in [0.05, 0.1) is 21.2 Å². The average molecular weight is 587 g/mol. The summed E-state index contributed by atoms with van der Waals surface area (Å²) in [6, 6.07) is 6.82. The molecule has 2 aromatic rings. The van der Waals surface area contributed by atoms with Gasteiger partial charge in [-0.25, -0.2) is 0 Å². The van der Waals surface area contributed by atoms with Gasteiger partial charge in [-0.1, -0.05) is 12.1 Å². The molecule has 0 fully saturated rings. The zero-order chi connectivity index (χ0) is 27.7. The number of hydrogen-bond donors (Lipinski definition) is 4. The predicted molar refractivity (Wildman–Crippen MR) is 132 cm³/mol. The van der Waals surface area contributed by atoms with Crippen molar-refractivity contribution in [1.82, 2.24) is 8.61 Å². The molecule has 0 bridgehead atoms. The molecule has 0 unspecified atom stereocenters. The second kappa shape index (κ2) is 10.6. The highest BCUT2D eigenvalue weighted by atomic mass is 32.2. The normalized spacial score (nSPS) is 13.2. The fraction of sp³-hybridized carbons (Fsp3) is 0.333. The molecule has 0 spiro atoms. The molecule has 0 aromatic heterocycles. The van der Waals surface area contributed by atoms with Crippen LogP contribution < -0.4 is 9.44 Å². The van der Waals surface area contributed by atoms with Crippen LogP contribution in [0, 0.1) is 0 Å². The molecule has 0 atom stereocenters. The van der Waals surface area contributed by atoms with Gasteiger partial charge >= 0.3 is 20.4 Å². The molecule has 0 heterocycles. The van der Waals surface area contributed by atoms with Gasteiger partial charge in [0, 0.05) is 28.2 Å². The smallest absolute Gasteiger partial charge is 0.282 e. The van der Waals surface area contributed by atoms with Crippen LogP contribution in [0.1, 0.15) is 11.1 Å². The maximum Gasteiger partial charge on any atom is 0.301 e. The van der Waals surface area contributed by atoms with Crippen molar-refractivity contribution < 1.29 is 42.8 Å². The number of aryl methyl sites for hydroxylation is 2. The molecule has 14 nitrogen and oxygen atoms in total. The molecule has 0 radical (unpaired) electrons. The molecule has 18 heteroatoms. The molecule has 0 aliphatic carbocycles. The number of nitrogens with zero attached hydrogens (tertiary/aromatic N) is 2. The third-order valence-electron chi connectivity index (χ3n) is 4.81. The summed E-state index contributed by atoms with van der Waals surface area (Å²) in [4.78, 5) is -1.21. The molecule has 0 amide bonds. The monoisotopic (exact) mass is 586 g/mol. The van der Waals surface area contributed by atoms with Crippen LogP contribution in [0.3, 0.4) is 0 Å². The Bertz CT molecular complexity index is 1450. The first-order valence-electron chi connectivity index (χ1n) is 9.85. The first-order chi connectivity index (χ1) is 16.2. The minimum Gasteiger partial charge on any atom is -0.282 e. The number of anilines is 2. The zero-order valence-electron chi connectivity index (χ0n) is 19.6. The van der Waals surface area contributed by atoms with E-state index in [0.29, 0.717) is 0 Å². The average Bonchev–Trinajstić information content (AvgIpc) is 2.71. The van der Waals surface area contributed by atoms with Crippen LogP contribution in [-0.4, -0.2) is 79.6 Å². The largest absolute Gasteiger partial charge is 0.301 e. The van der Waals surface area contributed by atoms with Gasteiger partial charge in [-0.15, -0.1) is 0 Å². The third kappa shape index (κ3) is 7.59. The van der Waals surface area contributed by atoms with Gasteiger partial charge in [0.1, 0.15) is 0 Å². The standard InChI is InChI=1S/C18H26N4O10S4/c1-21(2)35(29,30)19-15-9-7-13(17(11-15)33(23,24)25)5-6-14-8-10-16(12-18(14)34(26,27)28)20-36(31,32)22(3)4/h7-12,19-20H,5-6H2,1-4H3,(H,23,24,25)(H,26,27,28). The van der Waals surface area contributed by atoms with Crippen LogP contribution in [0.2, 0.25) is 0 Å². The van der Waals surface area contributed by atoms with Crippen molar-refractivity contribution in [2.24, 2.45) is 0 Å². The molecule has 4 N–H and O–H groups in total. The Balaban J connectivity index is 2.44. The quantitative estimate of drug-likeness (QED) is 0.266. The Morgan fingerprint density at radius 2 is 0.917 bits per heavy atom. The van der Waals surface area contributed by atoms with Crippen molar-refractivity contribution in [3.05, 3.63) is 47.5 Å². The molecule has 0 saturated carbocycles. The lowest BCUT2D eigenvalue weighted by atomic mass is 10.0. The summed E-state index contributed by atoms with van der Waals surface area (Å²) >= 11 is 0. The van der Waals surface area contributed by atoms with Gasteiger partial charge in [-0.3, -0.25) is 18.5 Å². The zero-order valence-corrected chi connectivity index (χ0v) is 22.8. The van der Waals surface area contributed by atoms with Crippen LogP contribution in [0.5, 0.6) is 0 Å². The van der Waals surface area contributed by atoms with Crippen LogP contribution >= 0.6 is 0 Å². The first kappa shape index (κ1) is 29.9. The molecule has 2 aromatic carbocycles. The Morgan fingerprint density at radius 1 is 0.611 bits per heavy atom. The van der Waals surface area contributed by atoms with Crippen LogP contribution in [0.4, 0.5) is 11.4 Å². The molecular formula is C18H26N4O10S4. The Labute approximate surface area is 210 Å². The number of hydrogen-bond acceptors (Lipinski definition) is 8. The van der Waals surface area contributed by atoms with Crippen molar-refractivity contribution in [2.75, 3.05) is 37.6 Å². The van der Waals surface area contributed by atoms with E-state index < -0.39 is 50.4 Å². The van der Waals surface area contributed by atoms with Crippen LogP contribution in [0.15, 0.2) is 46.2 Å². The fourth-order valence-corrected chi connectivity index (χ4v) is 5.65. The maximum absolute atomic E-state index is 12.0.